The van der Waals surface area contributed by atoms with Crippen molar-refractivity contribution in [3.63, 3.8) is 0 Å². The van der Waals surface area contributed by atoms with E-state index in [1.807, 2.05) is 32.2 Å². The molecule has 0 aliphatic rings. The Balaban J connectivity index is 1.31. The van der Waals surface area contributed by atoms with E-state index >= 15 is 0 Å². The van der Waals surface area contributed by atoms with E-state index < -0.39 is 0 Å². The van der Waals surface area contributed by atoms with Crippen molar-refractivity contribution in [2.75, 3.05) is 27.8 Å². The highest BCUT2D eigenvalue weighted by Crippen LogP contribution is 2.35. The summed E-state index contributed by atoms with van der Waals surface area (Å²) in [6.07, 6.45) is 3.94. The van der Waals surface area contributed by atoms with E-state index in [2.05, 4.69) is 38.4 Å². The predicted molar refractivity (Wildman–Crippen MR) is 138 cm³/mol. The van der Waals surface area contributed by atoms with Gasteiger partial charge in [0.2, 0.25) is 5.88 Å². The van der Waals surface area contributed by atoms with Crippen LogP contribution in [0.3, 0.4) is 0 Å². The standard InChI is InChI=1S/C26H31N5O3S/c1-17-22-24(34-4)27-21(16-33-3)28-25(22)35-23(17)26(32)31(2)14-10-6-9-13-19-15-20(30-29-19)18-11-7-5-8-12-18/h5,7-8,11-12,15H,6,9-10,13-14,16H2,1-4H3,(H,29,30). The lowest BCUT2D eigenvalue weighted by Crippen LogP contribution is -2.27. The van der Waals surface area contributed by atoms with Crippen molar-refractivity contribution < 1.29 is 14.3 Å². The maximum Gasteiger partial charge on any atom is 0.264 e. The third-order valence-electron chi connectivity index (χ3n) is 5.95. The number of carbonyl (C=O) groups excluding carboxylic acids is 1. The predicted octanol–water partition coefficient (Wildman–Crippen LogP) is 5.03. The number of aromatic amines is 1. The van der Waals surface area contributed by atoms with E-state index in [0.717, 1.165) is 58.4 Å². The molecule has 4 rings (SSSR count). The van der Waals surface area contributed by atoms with Crippen molar-refractivity contribution in [2.24, 2.45) is 0 Å². The number of methoxy groups -OCH3 is 2. The number of rotatable bonds is 11. The van der Waals surface area contributed by atoms with Gasteiger partial charge in [-0.25, -0.2) is 4.98 Å². The smallest absolute Gasteiger partial charge is 0.264 e. The Kier molecular flexibility index (Phi) is 8.09. The number of unbranched alkanes of at least 4 members (excludes halogenated alkanes) is 2. The molecule has 3 aromatic heterocycles. The lowest BCUT2D eigenvalue weighted by atomic mass is 10.1. The second-order valence-corrected chi connectivity index (χ2v) is 9.50. The summed E-state index contributed by atoms with van der Waals surface area (Å²) >= 11 is 1.38. The minimum absolute atomic E-state index is 0.00177. The first-order valence-electron chi connectivity index (χ1n) is 11.7. The Morgan fingerprint density at radius 2 is 1.91 bits per heavy atom. The molecule has 184 valence electrons. The van der Waals surface area contributed by atoms with Crippen LogP contribution in [0.2, 0.25) is 0 Å². The van der Waals surface area contributed by atoms with Crippen LogP contribution in [-0.2, 0) is 17.8 Å². The number of amides is 1. The van der Waals surface area contributed by atoms with Crippen molar-refractivity contribution in [3.8, 4) is 17.1 Å². The van der Waals surface area contributed by atoms with Crippen LogP contribution in [0, 0.1) is 6.92 Å². The van der Waals surface area contributed by atoms with Crippen LogP contribution in [0.4, 0.5) is 0 Å². The second-order valence-electron chi connectivity index (χ2n) is 8.50. The fourth-order valence-electron chi connectivity index (χ4n) is 4.05. The largest absolute Gasteiger partial charge is 0.480 e. The van der Waals surface area contributed by atoms with E-state index in [1.165, 1.54) is 11.3 Å². The summed E-state index contributed by atoms with van der Waals surface area (Å²) in [4.78, 5) is 25.4. The van der Waals surface area contributed by atoms with Crippen molar-refractivity contribution in [3.05, 3.63) is 58.4 Å². The number of fused-ring (bicyclic) bond motifs is 1. The first-order valence-corrected chi connectivity index (χ1v) is 12.5. The number of benzene rings is 1. The van der Waals surface area contributed by atoms with Gasteiger partial charge in [-0.3, -0.25) is 9.89 Å². The molecule has 1 N–H and O–H groups in total. The molecule has 1 amide bonds. The van der Waals surface area contributed by atoms with Gasteiger partial charge in [-0.15, -0.1) is 11.3 Å². The van der Waals surface area contributed by atoms with Crippen molar-refractivity contribution in [1.29, 1.82) is 0 Å². The molecule has 0 aliphatic carbocycles. The number of nitrogens with one attached hydrogen (secondary N) is 1. The SMILES string of the molecule is COCc1nc(OC)c2c(C)c(C(=O)N(C)CCCCCc3cc(-c4ccccc4)n[nH]3)sc2n1. The molecule has 0 spiro atoms. The van der Waals surface area contributed by atoms with Crippen molar-refractivity contribution >= 4 is 27.5 Å². The van der Waals surface area contributed by atoms with Gasteiger partial charge in [0.1, 0.15) is 11.4 Å². The molecule has 0 bridgehead atoms. The molecule has 4 aromatic rings. The summed E-state index contributed by atoms with van der Waals surface area (Å²) < 4.78 is 10.6. The second kappa shape index (κ2) is 11.4. The van der Waals surface area contributed by atoms with Gasteiger partial charge in [0.05, 0.1) is 23.1 Å². The van der Waals surface area contributed by atoms with Crippen molar-refractivity contribution in [1.82, 2.24) is 25.1 Å². The average molecular weight is 494 g/mol. The highest BCUT2D eigenvalue weighted by Gasteiger charge is 2.23. The monoisotopic (exact) mass is 493 g/mol. The highest BCUT2D eigenvalue weighted by molar-refractivity contribution is 7.20. The number of H-pyrrole nitrogens is 1. The van der Waals surface area contributed by atoms with Gasteiger partial charge in [-0.1, -0.05) is 36.8 Å². The molecule has 0 unspecified atom stereocenters. The van der Waals surface area contributed by atoms with Gasteiger partial charge in [-0.05, 0) is 37.8 Å². The quantitative estimate of drug-likeness (QED) is 0.295. The fraction of sp³-hybridized carbons (Fsp3) is 0.385. The van der Waals surface area contributed by atoms with Crippen LogP contribution >= 0.6 is 11.3 Å². The van der Waals surface area contributed by atoms with Gasteiger partial charge < -0.3 is 14.4 Å². The van der Waals surface area contributed by atoms with Crippen LogP contribution in [0.5, 0.6) is 5.88 Å². The molecule has 0 fully saturated rings. The molecule has 35 heavy (non-hydrogen) atoms. The summed E-state index contributed by atoms with van der Waals surface area (Å²) in [6, 6.07) is 12.3. The number of hydrogen-bond acceptors (Lipinski definition) is 7. The van der Waals surface area contributed by atoms with Gasteiger partial charge in [0.15, 0.2) is 5.82 Å². The molecular weight excluding hydrogens is 462 g/mol. The van der Waals surface area contributed by atoms with Crippen LogP contribution in [0.1, 0.15) is 46.0 Å². The topological polar surface area (TPSA) is 93.2 Å². The summed E-state index contributed by atoms with van der Waals surface area (Å²) in [5.41, 5.74) is 4.08. The molecule has 0 atom stereocenters. The van der Waals surface area contributed by atoms with Crippen LogP contribution in [0.25, 0.3) is 21.5 Å². The first kappa shape index (κ1) is 24.8. The number of thiophene rings is 1. The zero-order chi connectivity index (χ0) is 24.8. The Bertz CT molecular complexity index is 1290. The molecule has 0 saturated heterocycles. The third-order valence-corrected chi connectivity index (χ3v) is 7.12. The Morgan fingerprint density at radius 1 is 1.11 bits per heavy atom. The maximum atomic E-state index is 13.2. The maximum absolute atomic E-state index is 13.2. The van der Waals surface area contributed by atoms with Gasteiger partial charge in [0, 0.05) is 32.0 Å². The lowest BCUT2D eigenvalue weighted by molar-refractivity contribution is 0.0797. The normalized spacial score (nSPS) is 11.2. The molecular formula is C26H31N5O3S. The highest BCUT2D eigenvalue weighted by atomic mass is 32.1. The summed E-state index contributed by atoms with van der Waals surface area (Å²) in [5.74, 6) is 1.02. The molecule has 0 radical (unpaired) electrons. The van der Waals surface area contributed by atoms with E-state index in [4.69, 9.17) is 9.47 Å². The summed E-state index contributed by atoms with van der Waals surface area (Å²) in [6.45, 7) is 2.91. The van der Waals surface area contributed by atoms with Crippen molar-refractivity contribution in [2.45, 2.75) is 39.2 Å². The van der Waals surface area contributed by atoms with E-state index in [9.17, 15) is 4.79 Å². The van der Waals surface area contributed by atoms with Gasteiger partial charge >= 0.3 is 0 Å². The summed E-state index contributed by atoms with van der Waals surface area (Å²) in [5, 5.41) is 8.36. The Hall–Kier alpha value is -3.30. The molecule has 0 saturated carbocycles. The van der Waals surface area contributed by atoms with E-state index in [0.29, 0.717) is 29.7 Å². The lowest BCUT2D eigenvalue weighted by Gasteiger charge is -2.16. The zero-order valence-corrected chi connectivity index (χ0v) is 21.4. The fourth-order valence-corrected chi connectivity index (χ4v) is 5.24. The molecule has 9 heteroatoms. The van der Waals surface area contributed by atoms with E-state index in [-0.39, 0.29) is 5.91 Å². The zero-order valence-electron chi connectivity index (χ0n) is 20.6. The number of aryl methyl sites for hydroxylation is 2. The number of aromatic nitrogens is 4. The van der Waals surface area contributed by atoms with Gasteiger partial charge in [-0.2, -0.15) is 10.1 Å². The Labute approximate surface area is 209 Å². The first-order chi connectivity index (χ1) is 17.0. The molecule has 0 aliphatic heterocycles. The number of carbonyl (C=O) groups is 1. The number of ether oxygens (including phenoxy) is 2. The van der Waals surface area contributed by atoms with Crippen LogP contribution in [-0.4, -0.2) is 58.8 Å². The van der Waals surface area contributed by atoms with Crippen LogP contribution < -0.4 is 4.74 Å². The third kappa shape index (κ3) is 5.68. The average Bonchev–Trinajstić information content (AvgIpc) is 3.48. The number of hydrogen-bond donors (Lipinski definition) is 1. The number of nitrogens with zero attached hydrogens (tertiary/aromatic N) is 4. The minimum atomic E-state index is 0.00177. The molecule has 3 heterocycles. The Morgan fingerprint density at radius 3 is 2.66 bits per heavy atom. The molecule has 8 nitrogen and oxygen atoms in total. The van der Waals surface area contributed by atoms with E-state index in [1.54, 1.807) is 19.1 Å². The summed E-state index contributed by atoms with van der Waals surface area (Å²) in [7, 11) is 5.03. The van der Waals surface area contributed by atoms with Crippen LogP contribution in [0.15, 0.2) is 36.4 Å². The van der Waals surface area contributed by atoms with Gasteiger partial charge in [0.25, 0.3) is 5.91 Å². The molecule has 1 aromatic carbocycles. The minimum Gasteiger partial charge on any atom is -0.480 e.